The first-order valence-electron chi connectivity index (χ1n) is 12.4. The van der Waals surface area contributed by atoms with E-state index in [9.17, 15) is 9.59 Å². The summed E-state index contributed by atoms with van der Waals surface area (Å²) in [5.74, 6) is 1.33. The highest BCUT2D eigenvalue weighted by Gasteiger charge is 2.32. The number of carbonyl (C=O) groups excluding carboxylic acids is 2. The van der Waals surface area contributed by atoms with E-state index < -0.39 is 0 Å². The number of hydrogen-bond donors (Lipinski definition) is 0. The van der Waals surface area contributed by atoms with Crippen LogP contribution in [0.25, 0.3) is 11.0 Å². The van der Waals surface area contributed by atoms with Crippen molar-refractivity contribution in [3.8, 4) is 0 Å². The second-order valence-corrected chi connectivity index (χ2v) is 10.1. The molecule has 0 aliphatic carbocycles. The predicted octanol–water partition coefficient (Wildman–Crippen LogP) is 3.64. The molecule has 2 aliphatic rings. The molecule has 1 aromatic heterocycles. The Hall–Kier alpha value is -2.90. The van der Waals surface area contributed by atoms with Gasteiger partial charge in [0.25, 0.3) is 0 Å². The van der Waals surface area contributed by atoms with Gasteiger partial charge in [-0.25, -0.2) is 4.98 Å². The van der Waals surface area contributed by atoms with Crippen LogP contribution in [0.4, 0.5) is 0 Å². The summed E-state index contributed by atoms with van der Waals surface area (Å²) in [7, 11) is 0. The van der Waals surface area contributed by atoms with E-state index in [4.69, 9.17) is 16.6 Å². The lowest BCUT2D eigenvalue weighted by molar-refractivity contribution is -0.142. The number of amides is 2. The largest absolute Gasteiger partial charge is 0.339 e. The van der Waals surface area contributed by atoms with E-state index >= 15 is 0 Å². The fraction of sp³-hybridized carbons (Fsp3) is 0.444. The second kappa shape index (κ2) is 10.4. The van der Waals surface area contributed by atoms with Crippen LogP contribution >= 0.6 is 11.6 Å². The van der Waals surface area contributed by atoms with Gasteiger partial charge < -0.3 is 14.4 Å². The number of piperidine rings is 1. The Kier molecular flexibility index (Phi) is 7.07. The highest BCUT2D eigenvalue weighted by molar-refractivity contribution is 6.30. The van der Waals surface area contributed by atoms with E-state index in [0.29, 0.717) is 32.7 Å². The topological polar surface area (TPSA) is 61.7 Å². The molecule has 35 heavy (non-hydrogen) atoms. The third kappa shape index (κ3) is 5.36. The molecule has 7 nitrogen and oxygen atoms in total. The normalized spacial score (nSPS) is 19.3. The molecule has 0 unspecified atom stereocenters. The third-order valence-corrected chi connectivity index (χ3v) is 7.50. The zero-order chi connectivity index (χ0) is 24.4. The molecule has 2 aliphatic heterocycles. The zero-order valence-corrected chi connectivity index (χ0v) is 21.0. The Morgan fingerprint density at radius 3 is 2.40 bits per heavy atom. The van der Waals surface area contributed by atoms with Crippen molar-refractivity contribution < 1.29 is 9.59 Å². The van der Waals surface area contributed by atoms with Crippen LogP contribution in [0.2, 0.25) is 5.02 Å². The van der Waals surface area contributed by atoms with Crippen LogP contribution in [0.15, 0.2) is 48.5 Å². The standard InChI is InChI=1S/C27H32ClN5O2/c1-20(34)31-13-15-32(16-14-31)27(35)22-5-4-12-30(18-22)19-26-29-24-6-2-3-7-25(24)33(26)17-21-8-10-23(28)11-9-21/h2-3,6-11,22H,4-5,12-19H2,1H3/t22-/m1/s1. The van der Waals surface area contributed by atoms with E-state index in [0.717, 1.165) is 54.4 Å². The lowest BCUT2D eigenvalue weighted by atomic mass is 9.96. The molecular formula is C27H32ClN5O2. The Balaban J connectivity index is 1.29. The molecule has 5 rings (SSSR count). The number of rotatable bonds is 5. The van der Waals surface area contributed by atoms with Gasteiger partial charge in [0.15, 0.2) is 0 Å². The van der Waals surface area contributed by atoms with E-state index in [-0.39, 0.29) is 17.7 Å². The summed E-state index contributed by atoms with van der Waals surface area (Å²) in [6, 6.07) is 16.2. The van der Waals surface area contributed by atoms with Crippen molar-refractivity contribution in [3.05, 3.63) is 64.9 Å². The van der Waals surface area contributed by atoms with Gasteiger partial charge in [-0.2, -0.15) is 0 Å². The van der Waals surface area contributed by atoms with Crippen molar-refractivity contribution in [1.82, 2.24) is 24.3 Å². The minimum absolute atomic E-state index is 0.00159. The molecule has 0 N–H and O–H groups in total. The van der Waals surface area contributed by atoms with E-state index in [1.165, 1.54) is 5.56 Å². The molecule has 0 saturated carbocycles. The molecule has 0 radical (unpaired) electrons. The summed E-state index contributed by atoms with van der Waals surface area (Å²) in [6.07, 6.45) is 1.92. The third-order valence-electron chi connectivity index (χ3n) is 7.24. The van der Waals surface area contributed by atoms with E-state index in [1.807, 2.05) is 34.1 Å². The number of likely N-dealkylation sites (tertiary alicyclic amines) is 1. The van der Waals surface area contributed by atoms with Gasteiger partial charge in [0.1, 0.15) is 5.82 Å². The first-order chi connectivity index (χ1) is 17.0. The van der Waals surface area contributed by atoms with Gasteiger partial charge in [-0.3, -0.25) is 14.5 Å². The molecule has 0 spiro atoms. The molecule has 3 aromatic rings. The molecule has 184 valence electrons. The first-order valence-corrected chi connectivity index (χ1v) is 12.8. The van der Waals surface area contributed by atoms with Crippen molar-refractivity contribution in [3.63, 3.8) is 0 Å². The molecule has 2 amide bonds. The summed E-state index contributed by atoms with van der Waals surface area (Å²) in [5, 5.41) is 0.733. The number of piperazine rings is 1. The molecule has 2 aromatic carbocycles. The molecule has 2 saturated heterocycles. The number of para-hydroxylation sites is 2. The number of fused-ring (bicyclic) bond motifs is 1. The Morgan fingerprint density at radius 1 is 0.943 bits per heavy atom. The smallest absolute Gasteiger partial charge is 0.227 e. The van der Waals surface area contributed by atoms with E-state index in [1.54, 1.807) is 6.92 Å². The minimum Gasteiger partial charge on any atom is -0.339 e. The number of carbonyl (C=O) groups is 2. The Morgan fingerprint density at radius 2 is 1.66 bits per heavy atom. The highest BCUT2D eigenvalue weighted by atomic mass is 35.5. The maximum atomic E-state index is 13.3. The van der Waals surface area contributed by atoms with Crippen molar-refractivity contribution in [2.24, 2.45) is 5.92 Å². The number of nitrogens with zero attached hydrogens (tertiary/aromatic N) is 5. The van der Waals surface area contributed by atoms with Crippen LogP contribution < -0.4 is 0 Å². The molecule has 8 heteroatoms. The Labute approximate surface area is 211 Å². The minimum atomic E-state index is 0.00159. The lowest BCUT2D eigenvalue weighted by Gasteiger charge is -2.38. The van der Waals surface area contributed by atoms with Crippen molar-refractivity contribution in [2.45, 2.75) is 32.9 Å². The maximum Gasteiger partial charge on any atom is 0.227 e. The monoisotopic (exact) mass is 493 g/mol. The number of benzene rings is 2. The molecule has 2 fully saturated rings. The fourth-order valence-electron chi connectivity index (χ4n) is 5.30. The average Bonchev–Trinajstić information content (AvgIpc) is 3.21. The van der Waals surface area contributed by atoms with Gasteiger partial charge >= 0.3 is 0 Å². The molecule has 3 heterocycles. The van der Waals surface area contributed by atoms with Crippen LogP contribution in [-0.2, 0) is 22.7 Å². The van der Waals surface area contributed by atoms with Gasteiger partial charge in [-0.05, 0) is 49.2 Å². The van der Waals surface area contributed by atoms with Crippen molar-refractivity contribution in [1.29, 1.82) is 0 Å². The van der Waals surface area contributed by atoms with Crippen LogP contribution in [0.1, 0.15) is 31.2 Å². The van der Waals surface area contributed by atoms with E-state index in [2.05, 4.69) is 33.7 Å². The summed E-state index contributed by atoms with van der Waals surface area (Å²) >= 11 is 6.09. The fourth-order valence-corrected chi connectivity index (χ4v) is 5.42. The van der Waals surface area contributed by atoms with Crippen molar-refractivity contribution in [2.75, 3.05) is 39.3 Å². The van der Waals surface area contributed by atoms with Crippen LogP contribution in [0.3, 0.4) is 0 Å². The lowest BCUT2D eigenvalue weighted by Crippen LogP contribution is -2.53. The summed E-state index contributed by atoms with van der Waals surface area (Å²) < 4.78 is 2.28. The van der Waals surface area contributed by atoms with Gasteiger partial charge in [0.2, 0.25) is 11.8 Å². The van der Waals surface area contributed by atoms with Gasteiger partial charge in [-0.1, -0.05) is 35.9 Å². The van der Waals surface area contributed by atoms with Gasteiger partial charge in [0.05, 0.1) is 23.5 Å². The average molecular weight is 494 g/mol. The second-order valence-electron chi connectivity index (χ2n) is 9.63. The van der Waals surface area contributed by atoms with Crippen LogP contribution in [0, 0.1) is 5.92 Å². The first kappa shape index (κ1) is 23.8. The number of halogens is 1. The summed E-state index contributed by atoms with van der Waals surface area (Å²) in [5.41, 5.74) is 3.28. The highest BCUT2D eigenvalue weighted by Crippen LogP contribution is 2.24. The summed E-state index contributed by atoms with van der Waals surface area (Å²) in [4.78, 5) is 36.0. The quantitative estimate of drug-likeness (QED) is 0.544. The number of imidazole rings is 1. The van der Waals surface area contributed by atoms with Gasteiger partial charge in [0, 0.05) is 51.2 Å². The molecule has 1 atom stereocenters. The predicted molar refractivity (Wildman–Crippen MR) is 137 cm³/mol. The summed E-state index contributed by atoms with van der Waals surface area (Å²) in [6.45, 7) is 7.27. The van der Waals surface area contributed by atoms with Gasteiger partial charge in [-0.15, -0.1) is 0 Å². The Bertz CT molecular complexity index is 1200. The SMILES string of the molecule is CC(=O)N1CCN(C(=O)[C@@H]2CCCN(Cc3nc4ccccc4n3Cc3ccc(Cl)cc3)C2)CC1. The zero-order valence-electron chi connectivity index (χ0n) is 20.2. The van der Waals surface area contributed by atoms with Crippen molar-refractivity contribution >= 4 is 34.4 Å². The number of hydrogen-bond acceptors (Lipinski definition) is 4. The van der Waals surface area contributed by atoms with Crippen LogP contribution in [-0.4, -0.2) is 75.3 Å². The molecule has 0 bridgehead atoms. The maximum absolute atomic E-state index is 13.3. The molecular weight excluding hydrogens is 462 g/mol. The number of aromatic nitrogens is 2. The van der Waals surface area contributed by atoms with Crippen LogP contribution in [0.5, 0.6) is 0 Å².